The molecule has 1 heterocycles. The van der Waals surface area contributed by atoms with E-state index in [2.05, 4.69) is 37.3 Å². The van der Waals surface area contributed by atoms with Crippen LogP contribution in [-0.4, -0.2) is 25.5 Å². The van der Waals surface area contributed by atoms with E-state index in [-0.39, 0.29) is 34.2 Å². The molecule has 176 valence electrons. The van der Waals surface area contributed by atoms with Gasteiger partial charge in [-0.25, -0.2) is 0 Å². The summed E-state index contributed by atoms with van der Waals surface area (Å²) in [7, 11) is -3.74. The number of amides is 1. The first kappa shape index (κ1) is 24.9. The third-order valence-electron chi connectivity index (χ3n) is 7.19. The van der Waals surface area contributed by atoms with Gasteiger partial charge in [-0.3, -0.25) is 8.98 Å². The Bertz CT molecular complexity index is 1160. The largest absolute Gasteiger partial charge is 0.321 e. The lowest BCUT2D eigenvalue weighted by Gasteiger charge is -2.08. The molecule has 0 saturated heterocycles. The van der Waals surface area contributed by atoms with Gasteiger partial charge in [0.2, 0.25) is 0 Å². The molecule has 6 nitrogen and oxygen atoms in total. The molecule has 1 fully saturated rings. The van der Waals surface area contributed by atoms with Crippen molar-refractivity contribution in [2.24, 2.45) is 21.7 Å². The summed E-state index contributed by atoms with van der Waals surface area (Å²) in [5, 5.41) is 0. The van der Waals surface area contributed by atoms with Crippen LogP contribution in [0.1, 0.15) is 56.7 Å². The van der Waals surface area contributed by atoms with Gasteiger partial charge in [-0.2, -0.15) is 13.4 Å². The molecule has 1 aromatic carbocycles. The third-order valence-corrected chi connectivity index (χ3v) is 9.61. The maximum absolute atomic E-state index is 12.9. The molecule has 1 aromatic heterocycles. The highest BCUT2D eigenvalue weighted by Crippen LogP contribution is 2.68. The molecule has 1 saturated carbocycles. The van der Waals surface area contributed by atoms with Crippen molar-refractivity contribution in [2.75, 3.05) is 6.61 Å². The Morgan fingerprint density at radius 3 is 2.22 bits per heavy atom. The first-order valence-electron chi connectivity index (χ1n) is 11.0. The molecule has 32 heavy (non-hydrogen) atoms. The predicted molar refractivity (Wildman–Crippen MR) is 127 cm³/mol. The van der Waals surface area contributed by atoms with Gasteiger partial charge in [-0.15, -0.1) is 11.3 Å². The van der Waals surface area contributed by atoms with Crippen LogP contribution in [-0.2, 0) is 25.6 Å². The highest BCUT2D eigenvalue weighted by Gasteiger charge is 2.68. The number of hydrogen-bond donors (Lipinski definition) is 0. The van der Waals surface area contributed by atoms with Gasteiger partial charge in [0.25, 0.3) is 16.0 Å². The molecule has 8 heteroatoms. The van der Waals surface area contributed by atoms with Gasteiger partial charge in [0.15, 0.2) is 4.80 Å². The molecule has 0 bridgehead atoms. The normalized spacial score (nSPS) is 18.2. The molecule has 1 amide bonds. The van der Waals surface area contributed by atoms with Crippen LogP contribution in [0.2, 0.25) is 0 Å². The van der Waals surface area contributed by atoms with Gasteiger partial charge in [-0.1, -0.05) is 45.4 Å². The van der Waals surface area contributed by atoms with Crippen LogP contribution in [0, 0.1) is 37.5 Å². The minimum atomic E-state index is -3.74. The Hall–Kier alpha value is -1.77. The summed E-state index contributed by atoms with van der Waals surface area (Å²) in [6, 6.07) is 6.63. The quantitative estimate of drug-likeness (QED) is 0.404. The van der Waals surface area contributed by atoms with Crippen molar-refractivity contribution in [3.63, 3.8) is 0 Å². The minimum absolute atomic E-state index is 0.0416. The van der Waals surface area contributed by atoms with Gasteiger partial charge in [0.1, 0.15) is 0 Å². The minimum Gasteiger partial charge on any atom is -0.321 e. The van der Waals surface area contributed by atoms with Crippen molar-refractivity contribution in [1.82, 2.24) is 4.57 Å². The van der Waals surface area contributed by atoms with Crippen molar-refractivity contribution in [2.45, 2.75) is 72.7 Å². The lowest BCUT2D eigenvalue weighted by atomic mass is 10.0. The van der Waals surface area contributed by atoms with Crippen LogP contribution >= 0.6 is 11.3 Å². The lowest BCUT2D eigenvalue weighted by Crippen LogP contribution is -2.20. The van der Waals surface area contributed by atoms with Crippen LogP contribution < -0.4 is 4.80 Å². The van der Waals surface area contributed by atoms with E-state index in [0.29, 0.717) is 13.0 Å². The van der Waals surface area contributed by atoms with E-state index in [1.807, 2.05) is 20.8 Å². The Morgan fingerprint density at radius 2 is 1.66 bits per heavy atom. The number of thiazole rings is 1. The third kappa shape index (κ3) is 4.77. The molecule has 3 rings (SSSR count). The Kier molecular flexibility index (Phi) is 6.90. The summed E-state index contributed by atoms with van der Waals surface area (Å²) in [4.78, 5) is 19.4. The zero-order chi connectivity index (χ0) is 23.9. The zero-order valence-corrected chi connectivity index (χ0v) is 21.7. The highest BCUT2D eigenvalue weighted by atomic mass is 32.2. The number of aryl methyl sites for hydroxylation is 2. The molecule has 0 atom stereocenters. The van der Waals surface area contributed by atoms with Crippen molar-refractivity contribution in [3.05, 3.63) is 45.2 Å². The fraction of sp³-hybridized carbons (Fsp3) is 0.583. The molecule has 0 spiro atoms. The average molecular weight is 479 g/mol. The summed E-state index contributed by atoms with van der Waals surface area (Å²) in [6.45, 7) is 15.2. The molecule has 0 unspecified atom stereocenters. The van der Waals surface area contributed by atoms with Crippen molar-refractivity contribution in [1.29, 1.82) is 0 Å². The number of hydrogen-bond acceptors (Lipinski definition) is 5. The fourth-order valence-corrected chi connectivity index (χ4v) is 6.18. The second kappa shape index (κ2) is 8.88. The molecular formula is C24H34N2O4S2. The number of unbranched alkanes of at least 4 members (excludes halogenated alkanes) is 1. The topological polar surface area (TPSA) is 77.7 Å². The molecule has 1 aliphatic rings. The van der Waals surface area contributed by atoms with Gasteiger partial charge in [0, 0.05) is 17.1 Å². The fourth-order valence-electron chi connectivity index (χ4n) is 4.23. The van der Waals surface area contributed by atoms with Crippen LogP contribution in [0.25, 0.3) is 0 Å². The Balaban J connectivity index is 1.61. The lowest BCUT2D eigenvalue weighted by molar-refractivity contribution is -0.120. The molecule has 0 radical (unpaired) electrons. The Labute approximate surface area is 195 Å². The second-order valence-corrected chi connectivity index (χ2v) is 12.6. The second-order valence-electron chi connectivity index (χ2n) is 9.80. The van der Waals surface area contributed by atoms with Crippen LogP contribution in [0.5, 0.6) is 0 Å². The highest BCUT2D eigenvalue weighted by molar-refractivity contribution is 7.86. The van der Waals surface area contributed by atoms with E-state index in [4.69, 9.17) is 4.18 Å². The van der Waals surface area contributed by atoms with E-state index < -0.39 is 10.1 Å². The molecular weight excluding hydrogens is 444 g/mol. The summed E-state index contributed by atoms with van der Waals surface area (Å²) in [5.41, 5.74) is 2.00. The summed E-state index contributed by atoms with van der Waals surface area (Å²) < 4.78 is 31.9. The van der Waals surface area contributed by atoms with Gasteiger partial charge in [0.05, 0.1) is 17.4 Å². The standard InChI is InChI=1S/C24H34N2O4S2/c1-16-10-12-19(13-11-16)32(28,29)30-15-9-8-14-26-17(2)18(3)31-22(26)25-21(27)20-23(4,5)24(20,6)7/h10-13,20H,8-9,14-15H2,1-7H3/b25-22-. The van der Waals surface area contributed by atoms with Crippen molar-refractivity contribution < 1.29 is 17.4 Å². The predicted octanol–water partition coefficient (Wildman–Crippen LogP) is 4.77. The average Bonchev–Trinajstić information content (AvgIpc) is 2.96. The first-order chi connectivity index (χ1) is 14.8. The SMILES string of the molecule is Cc1ccc(S(=O)(=O)OCCCCn2c(C)c(C)s/c2=N\C(=O)C2C(C)(C)C2(C)C)cc1. The monoisotopic (exact) mass is 478 g/mol. The van der Waals surface area contributed by atoms with Crippen LogP contribution in [0.15, 0.2) is 34.2 Å². The number of carbonyl (C=O) groups is 1. The van der Waals surface area contributed by atoms with Gasteiger partial charge < -0.3 is 4.57 Å². The number of aromatic nitrogens is 1. The van der Waals surface area contributed by atoms with Crippen molar-refractivity contribution in [3.8, 4) is 0 Å². The number of rotatable bonds is 8. The number of carbonyl (C=O) groups excluding carboxylic acids is 1. The Morgan fingerprint density at radius 1 is 1.06 bits per heavy atom. The maximum Gasteiger partial charge on any atom is 0.296 e. The van der Waals surface area contributed by atoms with E-state index in [1.165, 1.54) is 11.3 Å². The van der Waals surface area contributed by atoms with Crippen molar-refractivity contribution >= 4 is 27.4 Å². The summed E-state index contributed by atoms with van der Waals surface area (Å²) in [5.74, 6) is -0.117. The van der Waals surface area contributed by atoms with E-state index >= 15 is 0 Å². The summed E-state index contributed by atoms with van der Waals surface area (Å²) >= 11 is 1.53. The zero-order valence-electron chi connectivity index (χ0n) is 20.1. The van der Waals surface area contributed by atoms with E-state index in [9.17, 15) is 13.2 Å². The molecule has 0 aliphatic heterocycles. The van der Waals surface area contributed by atoms with Gasteiger partial charge in [-0.05, 0) is 56.6 Å². The van der Waals surface area contributed by atoms with E-state index in [1.54, 1.807) is 24.3 Å². The summed E-state index contributed by atoms with van der Waals surface area (Å²) in [6.07, 6.45) is 1.31. The van der Waals surface area contributed by atoms with E-state index in [0.717, 1.165) is 27.4 Å². The molecule has 0 N–H and O–H groups in total. The number of nitrogens with zero attached hydrogens (tertiary/aromatic N) is 2. The first-order valence-corrected chi connectivity index (χ1v) is 13.2. The maximum atomic E-state index is 12.9. The van der Waals surface area contributed by atoms with Crippen LogP contribution in [0.3, 0.4) is 0 Å². The van der Waals surface area contributed by atoms with Gasteiger partial charge >= 0.3 is 0 Å². The van der Waals surface area contributed by atoms with Crippen LogP contribution in [0.4, 0.5) is 0 Å². The molecule has 1 aliphatic carbocycles. The number of benzene rings is 1. The molecule has 2 aromatic rings. The smallest absolute Gasteiger partial charge is 0.296 e.